The molecule has 1 aliphatic rings. The van der Waals surface area contributed by atoms with Gasteiger partial charge in [-0.25, -0.2) is 13.4 Å². The second-order valence-corrected chi connectivity index (χ2v) is 11.1. The Bertz CT molecular complexity index is 1580. The zero-order valence-electron chi connectivity index (χ0n) is 20.9. The van der Waals surface area contributed by atoms with Crippen LogP contribution >= 0.6 is 11.3 Å². The van der Waals surface area contributed by atoms with Gasteiger partial charge < -0.3 is 14.2 Å². The third kappa shape index (κ3) is 4.66. The van der Waals surface area contributed by atoms with Crippen LogP contribution in [0.15, 0.2) is 70.9 Å². The van der Waals surface area contributed by atoms with Gasteiger partial charge in [-0.2, -0.15) is 0 Å². The second-order valence-electron chi connectivity index (χ2n) is 8.39. The maximum atomic E-state index is 13.1. The number of ether oxygens (including phenoxy) is 3. The molecule has 5 rings (SSSR count). The van der Waals surface area contributed by atoms with E-state index in [-0.39, 0.29) is 10.8 Å². The lowest BCUT2D eigenvalue weighted by atomic mass is 10.1. The van der Waals surface area contributed by atoms with Gasteiger partial charge in [0.15, 0.2) is 16.6 Å². The van der Waals surface area contributed by atoms with Gasteiger partial charge in [0, 0.05) is 23.1 Å². The SMILES string of the molecule is COc1cc(C(=O)Nc2nc(-c3ccc4c(c3)CCN4S(=O)(=O)c3ccccc3)cs2)cc(OC)c1OC. The Kier molecular flexibility index (Phi) is 6.96. The lowest BCUT2D eigenvalue weighted by Crippen LogP contribution is -2.29. The molecule has 0 spiro atoms. The summed E-state index contributed by atoms with van der Waals surface area (Å²) in [7, 11) is 0.833. The molecule has 0 unspecified atom stereocenters. The summed E-state index contributed by atoms with van der Waals surface area (Å²) in [5, 5.41) is 5.09. The molecule has 1 aliphatic heterocycles. The predicted molar refractivity (Wildman–Crippen MR) is 146 cm³/mol. The van der Waals surface area contributed by atoms with Gasteiger partial charge in [-0.15, -0.1) is 11.3 Å². The van der Waals surface area contributed by atoms with E-state index >= 15 is 0 Å². The van der Waals surface area contributed by atoms with Crippen molar-refractivity contribution in [3.05, 3.63) is 77.2 Å². The molecular formula is C27H25N3O6S2. The number of hydrogen-bond donors (Lipinski definition) is 1. The molecule has 1 amide bonds. The van der Waals surface area contributed by atoms with Crippen molar-refractivity contribution in [1.29, 1.82) is 0 Å². The summed E-state index contributed by atoms with van der Waals surface area (Å²) >= 11 is 1.29. The summed E-state index contributed by atoms with van der Waals surface area (Å²) in [6.45, 7) is 0.378. The first-order valence-electron chi connectivity index (χ1n) is 11.6. The fraction of sp³-hybridized carbons (Fsp3) is 0.185. The third-order valence-electron chi connectivity index (χ3n) is 6.21. The van der Waals surface area contributed by atoms with Crippen LogP contribution in [0, 0.1) is 0 Å². The maximum Gasteiger partial charge on any atom is 0.264 e. The van der Waals surface area contributed by atoms with Gasteiger partial charge in [0.25, 0.3) is 15.9 Å². The predicted octanol–water partition coefficient (Wildman–Crippen LogP) is 4.84. The lowest BCUT2D eigenvalue weighted by molar-refractivity contribution is 0.102. The number of fused-ring (bicyclic) bond motifs is 1. The number of aromatic nitrogens is 1. The smallest absolute Gasteiger partial charge is 0.264 e. The van der Waals surface area contributed by atoms with E-state index in [0.29, 0.717) is 52.3 Å². The van der Waals surface area contributed by atoms with Crippen LogP contribution in [-0.4, -0.2) is 47.2 Å². The van der Waals surface area contributed by atoms with Crippen LogP contribution in [0.2, 0.25) is 0 Å². The maximum absolute atomic E-state index is 13.1. The summed E-state index contributed by atoms with van der Waals surface area (Å²) in [6, 6.07) is 17.2. The van der Waals surface area contributed by atoms with E-state index in [2.05, 4.69) is 10.3 Å². The summed E-state index contributed by atoms with van der Waals surface area (Å²) < 4.78 is 43.7. The minimum Gasteiger partial charge on any atom is -0.493 e. The Morgan fingerprint density at radius 1 is 0.974 bits per heavy atom. The number of carbonyl (C=O) groups is 1. The minimum atomic E-state index is -3.63. The van der Waals surface area contributed by atoms with E-state index in [0.717, 1.165) is 11.1 Å². The van der Waals surface area contributed by atoms with Crippen LogP contribution in [-0.2, 0) is 16.4 Å². The van der Waals surface area contributed by atoms with Crippen molar-refractivity contribution in [3.8, 4) is 28.5 Å². The number of nitrogens with one attached hydrogen (secondary N) is 1. The number of thiazole rings is 1. The molecule has 3 aromatic carbocycles. The molecule has 1 N–H and O–H groups in total. The van der Waals surface area contributed by atoms with Crippen molar-refractivity contribution in [3.63, 3.8) is 0 Å². The molecule has 11 heteroatoms. The molecule has 0 fully saturated rings. The summed E-state index contributed by atoms with van der Waals surface area (Å²) in [6.07, 6.45) is 0.601. The molecule has 38 heavy (non-hydrogen) atoms. The number of benzene rings is 3. The molecule has 0 atom stereocenters. The van der Waals surface area contributed by atoms with Gasteiger partial charge >= 0.3 is 0 Å². The molecule has 2 heterocycles. The Hall–Kier alpha value is -4.09. The van der Waals surface area contributed by atoms with Gasteiger partial charge in [0.05, 0.1) is 37.6 Å². The minimum absolute atomic E-state index is 0.268. The summed E-state index contributed by atoms with van der Waals surface area (Å²) in [5.74, 6) is 0.771. The number of hydrogen-bond acceptors (Lipinski definition) is 8. The molecule has 4 aromatic rings. The highest BCUT2D eigenvalue weighted by Crippen LogP contribution is 2.39. The number of rotatable bonds is 8. The van der Waals surface area contributed by atoms with Crippen molar-refractivity contribution in [1.82, 2.24) is 4.98 Å². The molecule has 196 valence electrons. The van der Waals surface area contributed by atoms with Gasteiger partial charge in [-0.05, 0) is 48.4 Å². The number of carbonyl (C=O) groups excluding carboxylic acids is 1. The summed E-state index contributed by atoms with van der Waals surface area (Å²) in [5.41, 5.74) is 3.45. The fourth-order valence-electron chi connectivity index (χ4n) is 4.35. The van der Waals surface area contributed by atoms with Gasteiger partial charge in [-0.3, -0.25) is 14.4 Å². The highest BCUT2D eigenvalue weighted by molar-refractivity contribution is 7.92. The molecule has 9 nitrogen and oxygen atoms in total. The van der Waals surface area contributed by atoms with E-state index in [9.17, 15) is 13.2 Å². The van der Waals surface area contributed by atoms with Crippen LogP contribution in [0.1, 0.15) is 15.9 Å². The first-order valence-corrected chi connectivity index (χ1v) is 14.0. The van der Waals surface area contributed by atoms with Crippen LogP contribution in [0.5, 0.6) is 17.2 Å². The lowest BCUT2D eigenvalue weighted by Gasteiger charge is -2.19. The molecule has 0 aliphatic carbocycles. The van der Waals surface area contributed by atoms with E-state index in [1.165, 1.54) is 37.0 Å². The molecule has 0 saturated heterocycles. The van der Waals surface area contributed by atoms with Crippen molar-refractivity contribution < 1.29 is 27.4 Å². The van der Waals surface area contributed by atoms with E-state index in [1.807, 2.05) is 23.6 Å². The van der Waals surface area contributed by atoms with Crippen molar-refractivity contribution in [2.24, 2.45) is 0 Å². The average Bonchev–Trinajstić information content (AvgIpc) is 3.59. The molecule has 0 saturated carbocycles. The van der Waals surface area contributed by atoms with Gasteiger partial charge in [-0.1, -0.05) is 24.3 Å². The Morgan fingerprint density at radius 3 is 2.34 bits per heavy atom. The second kappa shape index (κ2) is 10.3. The van der Waals surface area contributed by atoms with Crippen molar-refractivity contribution >= 4 is 38.1 Å². The third-order valence-corrected chi connectivity index (χ3v) is 8.80. The van der Waals surface area contributed by atoms with Gasteiger partial charge in [0.2, 0.25) is 5.75 Å². The highest BCUT2D eigenvalue weighted by atomic mass is 32.2. The van der Waals surface area contributed by atoms with Gasteiger partial charge in [0.1, 0.15) is 0 Å². The number of methoxy groups -OCH3 is 3. The average molecular weight is 552 g/mol. The zero-order valence-corrected chi connectivity index (χ0v) is 22.6. The first kappa shape index (κ1) is 25.6. The topological polar surface area (TPSA) is 107 Å². The van der Waals surface area contributed by atoms with Crippen LogP contribution in [0.4, 0.5) is 10.8 Å². The van der Waals surface area contributed by atoms with Crippen molar-refractivity contribution in [2.45, 2.75) is 11.3 Å². The molecule has 0 bridgehead atoms. The Labute approximate surface area is 224 Å². The summed E-state index contributed by atoms with van der Waals surface area (Å²) in [4.78, 5) is 17.8. The highest BCUT2D eigenvalue weighted by Gasteiger charge is 2.31. The van der Waals surface area contributed by atoms with Crippen molar-refractivity contribution in [2.75, 3.05) is 37.5 Å². The molecular weight excluding hydrogens is 526 g/mol. The Morgan fingerprint density at radius 2 is 1.68 bits per heavy atom. The quantitative estimate of drug-likeness (QED) is 0.334. The standard InChI is InChI=1S/C27H25N3O6S2/c1-34-23-14-19(15-24(35-2)25(23)36-3)26(31)29-27-28-21(16-37-27)17-9-10-22-18(13-17)11-12-30(22)38(32,33)20-7-5-4-6-8-20/h4-10,13-16H,11-12H2,1-3H3,(H,28,29,31). The molecule has 1 aromatic heterocycles. The zero-order chi connectivity index (χ0) is 26.9. The first-order chi connectivity index (χ1) is 18.3. The van der Waals surface area contributed by atoms with Crippen LogP contribution in [0.25, 0.3) is 11.3 Å². The van der Waals surface area contributed by atoms with Crippen LogP contribution < -0.4 is 23.8 Å². The number of sulfonamides is 1. The fourth-order valence-corrected chi connectivity index (χ4v) is 6.58. The number of amides is 1. The van der Waals surface area contributed by atoms with E-state index in [4.69, 9.17) is 14.2 Å². The van der Waals surface area contributed by atoms with E-state index < -0.39 is 10.0 Å². The van der Waals surface area contributed by atoms with E-state index in [1.54, 1.807) is 42.5 Å². The largest absolute Gasteiger partial charge is 0.493 e. The monoisotopic (exact) mass is 551 g/mol. The molecule has 0 radical (unpaired) electrons. The number of anilines is 2. The van der Waals surface area contributed by atoms with Crippen LogP contribution in [0.3, 0.4) is 0 Å². The Balaban J connectivity index is 1.35. The number of nitrogens with zero attached hydrogens (tertiary/aromatic N) is 2. The normalized spacial score (nSPS) is 12.7.